The van der Waals surface area contributed by atoms with E-state index in [1.165, 1.54) is 0 Å². The molecule has 0 bridgehead atoms. The highest BCUT2D eigenvalue weighted by Gasteiger charge is 2.01. The molecule has 14 heavy (non-hydrogen) atoms. The largest absolute Gasteiger partial charge is 0.345 e. The Labute approximate surface area is 88.3 Å². The highest BCUT2D eigenvalue weighted by atomic mass is 35.5. The lowest BCUT2D eigenvalue weighted by molar-refractivity contribution is -0.120. The van der Waals surface area contributed by atoms with Gasteiger partial charge in [0.1, 0.15) is 0 Å². The van der Waals surface area contributed by atoms with Crippen molar-refractivity contribution < 1.29 is 4.79 Å². The van der Waals surface area contributed by atoms with Crippen LogP contribution in [-0.2, 0) is 11.2 Å². The number of halogens is 1. The number of amides is 1. The second-order valence-corrected chi connectivity index (χ2v) is 3.22. The van der Waals surface area contributed by atoms with E-state index in [1.54, 1.807) is 12.1 Å². The number of hydrogen-bond acceptors (Lipinski definition) is 1. The fourth-order valence-electron chi connectivity index (χ4n) is 1.000. The van der Waals surface area contributed by atoms with Crippen LogP contribution in [0.4, 0.5) is 0 Å². The van der Waals surface area contributed by atoms with Crippen LogP contribution >= 0.6 is 11.6 Å². The van der Waals surface area contributed by atoms with E-state index < -0.39 is 0 Å². The summed E-state index contributed by atoms with van der Waals surface area (Å²) in [6, 6.07) is 7.15. The van der Waals surface area contributed by atoms with Crippen LogP contribution in [0.5, 0.6) is 0 Å². The number of rotatable bonds is 3. The van der Waals surface area contributed by atoms with Gasteiger partial charge < -0.3 is 5.32 Å². The molecule has 1 N–H and O–H groups in total. The second kappa shape index (κ2) is 5.31. The minimum absolute atomic E-state index is 0.0785. The Hall–Kier alpha value is -1.46. The van der Waals surface area contributed by atoms with Gasteiger partial charge in [-0.05, 0) is 17.7 Å². The van der Waals surface area contributed by atoms with Crippen molar-refractivity contribution in [3.63, 3.8) is 0 Å². The zero-order chi connectivity index (χ0) is 10.4. The summed E-state index contributed by atoms with van der Waals surface area (Å²) in [7, 11) is 0. The molecular formula is C11H10ClNO. The highest BCUT2D eigenvalue weighted by molar-refractivity contribution is 6.30. The summed E-state index contributed by atoms with van der Waals surface area (Å²) in [4.78, 5) is 11.2. The average molecular weight is 208 g/mol. The van der Waals surface area contributed by atoms with E-state index in [0.29, 0.717) is 11.4 Å². The average Bonchev–Trinajstić information content (AvgIpc) is 2.18. The molecule has 1 rings (SSSR count). The maximum absolute atomic E-state index is 11.2. The van der Waals surface area contributed by atoms with Crippen LogP contribution in [0.25, 0.3) is 0 Å². The molecule has 0 spiro atoms. The van der Waals surface area contributed by atoms with Crippen molar-refractivity contribution in [3.8, 4) is 12.3 Å². The van der Waals surface area contributed by atoms with Crippen LogP contribution in [0.1, 0.15) is 5.56 Å². The van der Waals surface area contributed by atoms with Gasteiger partial charge in [0.2, 0.25) is 5.91 Å². The lowest BCUT2D eigenvalue weighted by Crippen LogP contribution is -2.25. The summed E-state index contributed by atoms with van der Waals surface area (Å²) in [6.07, 6.45) is 5.34. The normalized spacial score (nSPS) is 9.14. The van der Waals surface area contributed by atoms with Crippen molar-refractivity contribution in [1.82, 2.24) is 5.32 Å². The summed E-state index contributed by atoms with van der Waals surface area (Å²) in [5, 5.41) is 3.25. The zero-order valence-corrected chi connectivity index (χ0v) is 8.34. The third-order valence-corrected chi connectivity index (χ3v) is 1.92. The van der Waals surface area contributed by atoms with Crippen molar-refractivity contribution in [1.29, 1.82) is 0 Å². The summed E-state index contributed by atoms with van der Waals surface area (Å²) in [6.45, 7) is 0.270. The molecule has 0 saturated carbocycles. The molecule has 0 aliphatic heterocycles. The number of benzene rings is 1. The fraction of sp³-hybridized carbons (Fsp3) is 0.182. The molecule has 0 radical (unpaired) electrons. The monoisotopic (exact) mass is 207 g/mol. The van der Waals surface area contributed by atoms with Crippen molar-refractivity contribution in [3.05, 3.63) is 34.9 Å². The van der Waals surface area contributed by atoms with Gasteiger partial charge in [-0.1, -0.05) is 29.7 Å². The first-order valence-electron chi connectivity index (χ1n) is 4.17. The molecule has 0 fully saturated rings. The van der Waals surface area contributed by atoms with Crippen LogP contribution in [-0.4, -0.2) is 12.5 Å². The molecule has 0 aromatic heterocycles. The van der Waals surface area contributed by atoms with E-state index in [4.69, 9.17) is 18.0 Å². The SMILES string of the molecule is C#CCNC(=O)Cc1ccc(Cl)cc1. The lowest BCUT2D eigenvalue weighted by atomic mass is 10.1. The molecule has 0 atom stereocenters. The van der Waals surface area contributed by atoms with Crippen LogP contribution in [0, 0.1) is 12.3 Å². The molecule has 1 aromatic carbocycles. The maximum Gasteiger partial charge on any atom is 0.225 e. The fourth-order valence-corrected chi connectivity index (χ4v) is 1.13. The van der Waals surface area contributed by atoms with Gasteiger partial charge in [-0.2, -0.15) is 0 Å². The molecule has 0 aliphatic carbocycles. The van der Waals surface area contributed by atoms with Gasteiger partial charge in [-0.25, -0.2) is 0 Å². The van der Waals surface area contributed by atoms with E-state index in [-0.39, 0.29) is 12.5 Å². The Kier molecular flexibility index (Phi) is 4.03. The molecule has 0 aliphatic rings. The highest BCUT2D eigenvalue weighted by Crippen LogP contribution is 2.09. The summed E-state index contributed by atoms with van der Waals surface area (Å²) < 4.78 is 0. The van der Waals surface area contributed by atoms with E-state index in [0.717, 1.165) is 5.56 Å². The van der Waals surface area contributed by atoms with Crippen LogP contribution in [0.3, 0.4) is 0 Å². The first kappa shape index (κ1) is 10.6. The Morgan fingerprint density at radius 3 is 2.64 bits per heavy atom. The Balaban J connectivity index is 2.49. The minimum Gasteiger partial charge on any atom is -0.345 e. The maximum atomic E-state index is 11.2. The quantitative estimate of drug-likeness (QED) is 0.751. The topological polar surface area (TPSA) is 29.1 Å². The second-order valence-electron chi connectivity index (χ2n) is 2.78. The van der Waals surface area contributed by atoms with E-state index in [2.05, 4.69) is 11.2 Å². The molecule has 2 nitrogen and oxygen atoms in total. The van der Waals surface area contributed by atoms with Gasteiger partial charge in [0.25, 0.3) is 0 Å². The molecule has 72 valence electrons. The van der Waals surface area contributed by atoms with Gasteiger partial charge in [0.15, 0.2) is 0 Å². The van der Waals surface area contributed by atoms with Gasteiger partial charge in [-0.3, -0.25) is 4.79 Å². The number of hydrogen-bond donors (Lipinski definition) is 1. The van der Waals surface area contributed by atoms with E-state index in [9.17, 15) is 4.79 Å². The molecule has 1 amide bonds. The minimum atomic E-state index is -0.0785. The number of terminal acetylenes is 1. The predicted octanol–water partition coefficient (Wildman–Crippen LogP) is 1.63. The zero-order valence-electron chi connectivity index (χ0n) is 7.59. The number of nitrogens with one attached hydrogen (secondary N) is 1. The Morgan fingerprint density at radius 2 is 2.07 bits per heavy atom. The number of carbonyl (C=O) groups is 1. The molecule has 0 unspecified atom stereocenters. The van der Waals surface area contributed by atoms with Crippen molar-refractivity contribution in [2.45, 2.75) is 6.42 Å². The molecule has 0 saturated heterocycles. The van der Waals surface area contributed by atoms with Gasteiger partial charge in [-0.15, -0.1) is 6.42 Å². The van der Waals surface area contributed by atoms with Crippen molar-refractivity contribution in [2.75, 3.05) is 6.54 Å². The molecule has 3 heteroatoms. The van der Waals surface area contributed by atoms with Crippen molar-refractivity contribution in [2.24, 2.45) is 0 Å². The van der Waals surface area contributed by atoms with E-state index in [1.807, 2.05) is 12.1 Å². The molecule has 1 aromatic rings. The molecular weight excluding hydrogens is 198 g/mol. The van der Waals surface area contributed by atoms with Gasteiger partial charge in [0.05, 0.1) is 13.0 Å². The van der Waals surface area contributed by atoms with Crippen LogP contribution in [0.15, 0.2) is 24.3 Å². The van der Waals surface area contributed by atoms with Crippen LogP contribution < -0.4 is 5.32 Å². The first-order valence-corrected chi connectivity index (χ1v) is 4.55. The lowest BCUT2D eigenvalue weighted by Gasteiger charge is -2.01. The van der Waals surface area contributed by atoms with Gasteiger partial charge >= 0.3 is 0 Å². The smallest absolute Gasteiger partial charge is 0.225 e. The summed E-state index contributed by atoms with van der Waals surface area (Å²) >= 11 is 5.70. The standard InChI is InChI=1S/C11H10ClNO/c1-2-7-13-11(14)8-9-3-5-10(12)6-4-9/h1,3-6H,7-8H2,(H,13,14). The van der Waals surface area contributed by atoms with Crippen molar-refractivity contribution >= 4 is 17.5 Å². The Bertz CT molecular complexity index is 351. The third kappa shape index (κ3) is 3.51. The van der Waals surface area contributed by atoms with Crippen LogP contribution in [0.2, 0.25) is 5.02 Å². The summed E-state index contributed by atoms with van der Waals surface area (Å²) in [5.74, 6) is 2.26. The summed E-state index contributed by atoms with van der Waals surface area (Å²) in [5.41, 5.74) is 0.920. The third-order valence-electron chi connectivity index (χ3n) is 1.67. The Morgan fingerprint density at radius 1 is 1.43 bits per heavy atom. The van der Waals surface area contributed by atoms with Gasteiger partial charge in [0, 0.05) is 5.02 Å². The number of carbonyl (C=O) groups excluding carboxylic acids is 1. The predicted molar refractivity (Wildman–Crippen MR) is 57.0 cm³/mol. The van der Waals surface area contributed by atoms with E-state index >= 15 is 0 Å². The first-order chi connectivity index (χ1) is 6.72. The molecule has 0 heterocycles.